The molecule has 2 aromatic rings. The summed E-state index contributed by atoms with van der Waals surface area (Å²) in [6, 6.07) is 14.2. The van der Waals surface area contributed by atoms with Crippen LogP contribution in [-0.2, 0) is 0 Å². The van der Waals surface area contributed by atoms with Crippen molar-refractivity contribution in [3.63, 3.8) is 0 Å². The minimum atomic E-state index is 0.736. The summed E-state index contributed by atoms with van der Waals surface area (Å²) in [5.74, 6) is 0.888. The Bertz CT molecular complexity index is 539. The zero-order valence-electron chi connectivity index (χ0n) is 12.1. The molecule has 0 unspecified atom stereocenters. The fourth-order valence-corrected chi connectivity index (χ4v) is 2.01. The van der Waals surface area contributed by atoms with Crippen molar-refractivity contribution in [2.24, 2.45) is 0 Å². The van der Waals surface area contributed by atoms with Crippen LogP contribution in [0.25, 0.3) is 0 Å². The fourth-order valence-electron chi connectivity index (χ4n) is 2.01. The number of aromatic nitrogens is 1. The van der Waals surface area contributed by atoms with Crippen LogP contribution in [0.5, 0.6) is 0 Å². The van der Waals surface area contributed by atoms with E-state index in [1.54, 1.807) is 0 Å². The Morgan fingerprint density at radius 1 is 1.15 bits per heavy atom. The second kappa shape index (κ2) is 6.80. The molecular weight excluding hydrogens is 248 g/mol. The number of nitrogens with zero attached hydrogens (tertiary/aromatic N) is 2. The molecule has 2 rings (SSSR count). The standard InChI is InChI=1S/C16H22N4/c1-13-15(17)9-10-16(19-13)18-11-6-12-20(2)14-7-4-3-5-8-14/h3-5,7-10H,6,11-12,17H2,1-2H3,(H,18,19). The normalized spacial score (nSPS) is 10.3. The monoisotopic (exact) mass is 270 g/mol. The first-order chi connectivity index (χ1) is 9.66. The SMILES string of the molecule is Cc1nc(NCCCN(C)c2ccccc2)ccc1N. The lowest BCUT2D eigenvalue weighted by Gasteiger charge is -2.19. The lowest BCUT2D eigenvalue weighted by molar-refractivity contribution is 0.814. The number of nitrogens with one attached hydrogen (secondary N) is 1. The number of nitrogen functional groups attached to an aromatic ring is 1. The van der Waals surface area contributed by atoms with Crippen molar-refractivity contribution in [1.29, 1.82) is 0 Å². The van der Waals surface area contributed by atoms with Crippen LogP contribution in [-0.4, -0.2) is 25.1 Å². The summed E-state index contributed by atoms with van der Waals surface area (Å²) in [5.41, 5.74) is 8.60. The Balaban J connectivity index is 1.75. The van der Waals surface area contributed by atoms with E-state index in [4.69, 9.17) is 5.73 Å². The maximum absolute atomic E-state index is 5.75. The van der Waals surface area contributed by atoms with Gasteiger partial charge in [0.05, 0.1) is 11.4 Å². The maximum atomic E-state index is 5.75. The van der Waals surface area contributed by atoms with Gasteiger partial charge in [-0.3, -0.25) is 0 Å². The molecule has 1 aromatic carbocycles. The Labute approximate surface area is 120 Å². The second-order valence-electron chi connectivity index (χ2n) is 4.91. The first-order valence-electron chi connectivity index (χ1n) is 6.90. The minimum absolute atomic E-state index is 0.736. The molecule has 1 aromatic heterocycles. The molecule has 0 saturated heterocycles. The largest absolute Gasteiger partial charge is 0.397 e. The number of aryl methyl sites for hydroxylation is 1. The lowest BCUT2D eigenvalue weighted by atomic mass is 10.3. The van der Waals surface area contributed by atoms with E-state index in [1.165, 1.54) is 5.69 Å². The minimum Gasteiger partial charge on any atom is -0.397 e. The maximum Gasteiger partial charge on any atom is 0.126 e. The van der Waals surface area contributed by atoms with E-state index < -0.39 is 0 Å². The van der Waals surface area contributed by atoms with Crippen LogP contribution >= 0.6 is 0 Å². The molecule has 3 N–H and O–H groups in total. The first-order valence-corrected chi connectivity index (χ1v) is 6.90. The molecule has 0 aliphatic rings. The van der Waals surface area contributed by atoms with Crippen molar-refractivity contribution >= 4 is 17.2 Å². The number of para-hydroxylation sites is 1. The topological polar surface area (TPSA) is 54.2 Å². The quantitative estimate of drug-likeness (QED) is 0.792. The van der Waals surface area contributed by atoms with E-state index in [2.05, 4.69) is 46.5 Å². The van der Waals surface area contributed by atoms with E-state index in [0.717, 1.165) is 36.7 Å². The average Bonchev–Trinajstić information content (AvgIpc) is 2.48. The Morgan fingerprint density at radius 2 is 1.90 bits per heavy atom. The average molecular weight is 270 g/mol. The Kier molecular flexibility index (Phi) is 4.82. The number of hydrogen-bond donors (Lipinski definition) is 2. The van der Waals surface area contributed by atoms with Crippen molar-refractivity contribution < 1.29 is 0 Å². The highest BCUT2D eigenvalue weighted by atomic mass is 15.1. The number of benzene rings is 1. The summed E-state index contributed by atoms with van der Waals surface area (Å²) in [6.07, 6.45) is 1.05. The van der Waals surface area contributed by atoms with Crippen LogP contribution < -0.4 is 16.0 Å². The summed E-state index contributed by atoms with van der Waals surface area (Å²) in [5, 5.41) is 3.33. The van der Waals surface area contributed by atoms with E-state index in [9.17, 15) is 0 Å². The molecule has 0 radical (unpaired) electrons. The number of pyridine rings is 1. The van der Waals surface area contributed by atoms with E-state index >= 15 is 0 Å². The molecular formula is C16H22N4. The highest BCUT2D eigenvalue weighted by Crippen LogP contribution is 2.13. The second-order valence-corrected chi connectivity index (χ2v) is 4.91. The van der Waals surface area contributed by atoms with Crippen LogP contribution in [0.3, 0.4) is 0 Å². The summed E-state index contributed by atoms with van der Waals surface area (Å²) in [4.78, 5) is 6.65. The highest BCUT2D eigenvalue weighted by Gasteiger charge is 2.00. The predicted octanol–water partition coefficient (Wildman–Crippen LogP) is 2.91. The van der Waals surface area contributed by atoms with Crippen LogP contribution in [0.15, 0.2) is 42.5 Å². The summed E-state index contributed by atoms with van der Waals surface area (Å²) in [7, 11) is 2.11. The van der Waals surface area contributed by atoms with Gasteiger partial charge in [-0.15, -0.1) is 0 Å². The molecule has 106 valence electrons. The van der Waals surface area contributed by atoms with Gasteiger partial charge >= 0.3 is 0 Å². The number of nitrogens with two attached hydrogens (primary N) is 1. The number of anilines is 3. The van der Waals surface area contributed by atoms with Gasteiger partial charge in [0.25, 0.3) is 0 Å². The molecule has 0 saturated carbocycles. The molecule has 0 aliphatic heterocycles. The van der Waals surface area contributed by atoms with Gasteiger partial charge in [0.2, 0.25) is 0 Å². The smallest absolute Gasteiger partial charge is 0.126 e. The fraction of sp³-hybridized carbons (Fsp3) is 0.312. The van der Waals surface area contributed by atoms with Crippen molar-refractivity contribution in [1.82, 2.24) is 4.98 Å². The van der Waals surface area contributed by atoms with Crippen molar-refractivity contribution in [2.45, 2.75) is 13.3 Å². The Morgan fingerprint density at radius 3 is 2.60 bits per heavy atom. The zero-order chi connectivity index (χ0) is 14.4. The number of hydrogen-bond acceptors (Lipinski definition) is 4. The van der Waals surface area contributed by atoms with Gasteiger partial charge < -0.3 is 16.0 Å². The van der Waals surface area contributed by atoms with Crippen molar-refractivity contribution in [3.05, 3.63) is 48.2 Å². The van der Waals surface area contributed by atoms with Crippen LogP contribution in [0.1, 0.15) is 12.1 Å². The highest BCUT2D eigenvalue weighted by molar-refractivity contribution is 5.49. The van der Waals surface area contributed by atoms with Crippen molar-refractivity contribution in [3.8, 4) is 0 Å². The molecule has 0 fully saturated rings. The summed E-state index contributed by atoms with van der Waals surface area (Å²) >= 11 is 0. The van der Waals surface area contributed by atoms with Crippen LogP contribution in [0.2, 0.25) is 0 Å². The van der Waals surface area contributed by atoms with Gasteiger partial charge in [-0.1, -0.05) is 18.2 Å². The summed E-state index contributed by atoms with van der Waals surface area (Å²) in [6.45, 7) is 3.82. The number of rotatable bonds is 6. The first kappa shape index (κ1) is 14.2. The van der Waals surface area contributed by atoms with Crippen molar-refractivity contribution in [2.75, 3.05) is 36.1 Å². The van der Waals surface area contributed by atoms with Crippen LogP contribution in [0, 0.1) is 6.92 Å². The third-order valence-electron chi connectivity index (χ3n) is 3.30. The molecule has 0 bridgehead atoms. The van der Waals surface area contributed by atoms with E-state index in [-0.39, 0.29) is 0 Å². The molecule has 0 aliphatic carbocycles. The van der Waals surface area contributed by atoms with Gasteiger partial charge in [0.1, 0.15) is 5.82 Å². The molecule has 4 heteroatoms. The van der Waals surface area contributed by atoms with Crippen LogP contribution in [0.4, 0.5) is 17.2 Å². The molecule has 0 amide bonds. The zero-order valence-corrected chi connectivity index (χ0v) is 12.1. The molecule has 1 heterocycles. The summed E-state index contributed by atoms with van der Waals surface area (Å²) < 4.78 is 0. The van der Waals surface area contributed by atoms with E-state index in [0.29, 0.717) is 0 Å². The van der Waals surface area contributed by atoms with Gasteiger partial charge in [-0.25, -0.2) is 4.98 Å². The van der Waals surface area contributed by atoms with Gasteiger partial charge in [0.15, 0.2) is 0 Å². The molecule has 4 nitrogen and oxygen atoms in total. The van der Waals surface area contributed by atoms with Gasteiger partial charge in [-0.05, 0) is 37.6 Å². The van der Waals surface area contributed by atoms with E-state index in [1.807, 2.05) is 25.1 Å². The predicted molar refractivity (Wildman–Crippen MR) is 86.2 cm³/mol. The molecule has 0 spiro atoms. The van der Waals surface area contributed by atoms with Gasteiger partial charge in [0, 0.05) is 25.8 Å². The van der Waals surface area contributed by atoms with Gasteiger partial charge in [-0.2, -0.15) is 0 Å². The third-order valence-corrected chi connectivity index (χ3v) is 3.30. The lowest BCUT2D eigenvalue weighted by Crippen LogP contribution is -2.20. The molecule has 20 heavy (non-hydrogen) atoms. The third kappa shape index (κ3) is 3.88. The molecule has 0 atom stereocenters. The Hall–Kier alpha value is -2.23.